The van der Waals surface area contributed by atoms with Gasteiger partial charge in [0.2, 0.25) is 5.91 Å². The fraction of sp³-hybridized carbons (Fsp3) is 0.200. The van der Waals surface area contributed by atoms with Gasteiger partial charge < -0.3 is 5.32 Å². The van der Waals surface area contributed by atoms with Crippen LogP contribution in [0.1, 0.15) is 17.5 Å². The maximum Gasteiger partial charge on any atom is 0.237 e. The van der Waals surface area contributed by atoms with Crippen molar-refractivity contribution in [3.05, 3.63) is 70.5 Å². The first-order chi connectivity index (χ1) is 12.1. The predicted molar refractivity (Wildman–Crippen MR) is 108 cm³/mol. The van der Waals surface area contributed by atoms with Gasteiger partial charge in [-0.25, -0.2) is 4.98 Å². The van der Waals surface area contributed by atoms with E-state index in [4.69, 9.17) is 0 Å². The zero-order valence-electron chi connectivity index (χ0n) is 14.2. The van der Waals surface area contributed by atoms with Gasteiger partial charge in [-0.3, -0.25) is 4.79 Å². The molecule has 1 heterocycles. The monoisotopic (exact) mass is 368 g/mol. The van der Waals surface area contributed by atoms with E-state index in [-0.39, 0.29) is 11.2 Å². The molecule has 0 radical (unpaired) electrons. The largest absolute Gasteiger partial charge is 0.325 e. The van der Waals surface area contributed by atoms with Crippen LogP contribution in [-0.4, -0.2) is 16.1 Å². The van der Waals surface area contributed by atoms with E-state index in [1.165, 1.54) is 5.56 Å². The van der Waals surface area contributed by atoms with E-state index in [2.05, 4.69) is 22.4 Å². The lowest BCUT2D eigenvalue weighted by atomic mass is 10.1. The van der Waals surface area contributed by atoms with Gasteiger partial charge >= 0.3 is 0 Å². The lowest BCUT2D eigenvalue weighted by Gasteiger charge is -2.12. The van der Waals surface area contributed by atoms with Crippen LogP contribution in [0.2, 0.25) is 0 Å². The minimum absolute atomic E-state index is 0.0261. The molecule has 0 fully saturated rings. The molecule has 0 saturated heterocycles. The first kappa shape index (κ1) is 17.7. The summed E-state index contributed by atoms with van der Waals surface area (Å²) in [6, 6.07) is 18.0. The Morgan fingerprint density at radius 1 is 1.16 bits per heavy atom. The first-order valence-electron chi connectivity index (χ1n) is 8.11. The molecule has 1 amide bonds. The maximum atomic E-state index is 12.3. The van der Waals surface area contributed by atoms with Crippen molar-refractivity contribution in [1.82, 2.24) is 4.98 Å². The second kappa shape index (κ2) is 8.32. The normalized spacial score (nSPS) is 11.9. The van der Waals surface area contributed by atoms with E-state index >= 15 is 0 Å². The van der Waals surface area contributed by atoms with Crippen LogP contribution in [0, 0.1) is 6.92 Å². The summed E-state index contributed by atoms with van der Waals surface area (Å²) in [6.45, 7) is 3.94. The average Bonchev–Trinajstić information content (AvgIpc) is 3.07. The van der Waals surface area contributed by atoms with Crippen molar-refractivity contribution in [2.24, 2.45) is 0 Å². The number of hydrogen-bond acceptors (Lipinski definition) is 4. The van der Waals surface area contributed by atoms with Crippen LogP contribution >= 0.6 is 23.1 Å². The number of carbonyl (C=O) groups excluding carboxylic acids is 1. The van der Waals surface area contributed by atoms with Crippen LogP contribution in [-0.2, 0) is 10.5 Å². The topological polar surface area (TPSA) is 42.0 Å². The molecule has 3 nitrogen and oxygen atoms in total. The fourth-order valence-electron chi connectivity index (χ4n) is 2.34. The Morgan fingerprint density at radius 2 is 1.88 bits per heavy atom. The number of benzene rings is 2. The summed E-state index contributed by atoms with van der Waals surface area (Å²) in [6.07, 6.45) is 0. The van der Waals surface area contributed by atoms with E-state index in [1.54, 1.807) is 23.1 Å². The number of nitrogens with one attached hydrogen (secondary N) is 1. The second-order valence-corrected chi connectivity index (χ2v) is 8.15. The smallest absolute Gasteiger partial charge is 0.237 e. The summed E-state index contributed by atoms with van der Waals surface area (Å²) in [5.41, 5.74) is 4.09. The number of aryl methyl sites for hydroxylation is 1. The molecule has 0 spiro atoms. The predicted octanol–water partition coefficient (Wildman–Crippen LogP) is 5.38. The van der Waals surface area contributed by atoms with Crippen LogP contribution in [0.15, 0.2) is 60.0 Å². The first-order valence-corrected chi connectivity index (χ1v) is 10.0. The molecule has 128 valence electrons. The Balaban J connectivity index is 1.55. The van der Waals surface area contributed by atoms with Crippen LogP contribution in [0.25, 0.3) is 11.3 Å². The number of carbonyl (C=O) groups is 1. The van der Waals surface area contributed by atoms with E-state index in [0.717, 1.165) is 27.7 Å². The molecule has 3 rings (SSSR count). The Kier molecular flexibility index (Phi) is 5.89. The van der Waals surface area contributed by atoms with E-state index in [0.29, 0.717) is 0 Å². The summed E-state index contributed by atoms with van der Waals surface area (Å²) in [5, 5.41) is 5.97. The number of anilines is 1. The molecule has 25 heavy (non-hydrogen) atoms. The number of rotatable bonds is 6. The molecule has 3 aromatic rings. The molecule has 1 unspecified atom stereocenters. The lowest BCUT2D eigenvalue weighted by Crippen LogP contribution is -2.22. The van der Waals surface area contributed by atoms with Crippen LogP contribution in [0.4, 0.5) is 5.69 Å². The Hall–Kier alpha value is -2.11. The molecule has 1 N–H and O–H groups in total. The highest BCUT2D eigenvalue weighted by Gasteiger charge is 2.13. The Morgan fingerprint density at radius 3 is 2.52 bits per heavy atom. The van der Waals surface area contributed by atoms with Crippen LogP contribution in [0.5, 0.6) is 0 Å². The van der Waals surface area contributed by atoms with Gasteiger partial charge in [0.25, 0.3) is 0 Å². The molecule has 0 aliphatic carbocycles. The van der Waals surface area contributed by atoms with Gasteiger partial charge in [0.05, 0.1) is 16.0 Å². The standard InChI is InChI=1S/C20H20N2OS2/c1-14(24-12-16-6-4-3-5-7-16)20(23)22-18-10-8-17(9-11-18)19-13-25-15(2)21-19/h3-11,13-14H,12H2,1-2H3,(H,22,23). The molecule has 0 aliphatic heterocycles. The molecular formula is C20H20N2OS2. The molecule has 2 aromatic carbocycles. The second-order valence-electron chi connectivity index (χ2n) is 5.76. The fourth-order valence-corrected chi connectivity index (χ4v) is 3.80. The number of amides is 1. The minimum Gasteiger partial charge on any atom is -0.325 e. The summed E-state index contributed by atoms with van der Waals surface area (Å²) >= 11 is 3.28. The van der Waals surface area contributed by atoms with Gasteiger partial charge in [0, 0.05) is 22.4 Å². The van der Waals surface area contributed by atoms with Crippen molar-refractivity contribution >= 4 is 34.7 Å². The molecule has 0 aliphatic rings. The Bertz CT molecular complexity index is 828. The van der Waals surface area contributed by atoms with Gasteiger partial charge in [-0.15, -0.1) is 23.1 Å². The average molecular weight is 369 g/mol. The number of hydrogen-bond donors (Lipinski definition) is 1. The number of nitrogens with zero attached hydrogens (tertiary/aromatic N) is 1. The highest BCUT2D eigenvalue weighted by molar-refractivity contribution is 7.99. The van der Waals surface area contributed by atoms with Gasteiger partial charge in [0.1, 0.15) is 0 Å². The van der Waals surface area contributed by atoms with Crippen LogP contribution < -0.4 is 5.32 Å². The quantitative estimate of drug-likeness (QED) is 0.635. The van der Waals surface area contributed by atoms with E-state index in [9.17, 15) is 4.79 Å². The van der Waals surface area contributed by atoms with Gasteiger partial charge in [-0.1, -0.05) is 42.5 Å². The van der Waals surface area contributed by atoms with Crippen molar-refractivity contribution in [3.63, 3.8) is 0 Å². The lowest BCUT2D eigenvalue weighted by molar-refractivity contribution is -0.115. The molecular weight excluding hydrogens is 348 g/mol. The summed E-state index contributed by atoms with van der Waals surface area (Å²) in [4.78, 5) is 16.8. The molecule has 1 atom stereocenters. The maximum absolute atomic E-state index is 12.3. The van der Waals surface area contributed by atoms with Crippen molar-refractivity contribution in [3.8, 4) is 11.3 Å². The highest BCUT2D eigenvalue weighted by Crippen LogP contribution is 2.24. The number of thiazole rings is 1. The molecule has 0 bridgehead atoms. The molecule has 1 aromatic heterocycles. The van der Waals surface area contributed by atoms with Crippen molar-refractivity contribution < 1.29 is 4.79 Å². The van der Waals surface area contributed by atoms with Crippen molar-refractivity contribution in [2.75, 3.05) is 5.32 Å². The number of thioether (sulfide) groups is 1. The SMILES string of the molecule is Cc1nc(-c2ccc(NC(=O)C(C)SCc3ccccc3)cc2)cs1. The zero-order valence-corrected chi connectivity index (χ0v) is 15.9. The third-order valence-corrected chi connectivity index (χ3v) is 5.77. The van der Waals surface area contributed by atoms with Crippen molar-refractivity contribution in [1.29, 1.82) is 0 Å². The molecule has 5 heteroatoms. The Labute approximate surface area is 156 Å². The highest BCUT2D eigenvalue weighted by atomic mass is 32.2. The van der Waals surface area contributed by atoms with Crippen molar-refractivity contribution in [2.45, 2.75) is 24.9 Å². The van der Waals surface area contributed by atoms with E-state index < -0.39 is 0 Å². The zero-order chi connectivity index (χ0) is 17.6. The summed E-state index contributed by atoms with van der Waals surface area (Å²) < 4.78 is 0. The minimum atomic E-state index is -0.110. The van der Waals surface area contributed by atoms with Gasteiger partial charge in [0.15, 0.2) is 0 Å². The van der Waals surface area contributed by atoms with E-state index in [1.807, 2.05) is 61.7 Å². The third kappa shape index (κ3) is 4.94. The van der Waals surface area contributed by atoms with Crippen LogP contribution in [0.3, 0.4) is 0 Å². The molecule has 0 saturated carbocycles. The number of aromatic nitrogens is 1. The van der Waals surface area contributed by atoms with Gasteiger partial charge in [-0.2, -0.15) is 0 Å². The van der Waals surface area contributed by atoms with Gasteiger partial charge in [-0.05, 0) is 31.5 Å². The summed E-state index contributed by atoms with van der Waals surface area (Å²) in [5.74, 6) is 0.857. The summed E-state index contributed by atoms with van der Waals surface area (Å²) in [7, 11) is 0. The third-order valence-electron chi connectivity index (χ3n) is 3.78.